The van der Waals surface area contributed by atoms with Gasteiger partial charge in [0.25, 0.3) is 0 Å². The molecular weight excluding hydrogens is 236 g/mol. The summed E-state index contributed by atoms with van der Waals surface area (Å²) in [6.07, 6.45) is 2.37. The number of hydrogen-bond acceptors (Lipinski definition) is 3. The highest BCUT2D eigenvalue weighted by atomic mass is 32.2. The maximum Gasteiger partial charge on any atom is 0.217 e. The van der Waals surface area contributed by atoms with Crippen molar-refractivity contribution in [3.8, 4) is 0 Å². The highest BCUT2D eigenvalue weighted by Gasteiger charge is 2.30. The zero-order valence-electron chi connectivity index (χ0n) is 11.7. The lowest BCUT2D eigenvalue weighted by molar-refractivity contribution is 0.308. The number of rotatable bonds is 6. The SMILES string of the molecule is CC(CNC1CC1)S(=O)(=O)N(C)CC(C)(C)C. The molecule has 1 saturated carbocycles. The zero-order valence-corrected chi connectivity index (χ0v) is 12.5. The van der Waals surface area contributed by atoms with E-state index in [-0.39, 0.29) is 10.7 Å². The molecule has 4 nitrogen and oxygen atoms in total. The molecule has 0 amide bonds. The van der Waals surface area contributed by atoms with Crippen molar-refractivity contribution in [1.82, 2.24) is 9.62 Å². The fourth-order valence-electron chi connectivity index (χ4n) is 1.79. The summed E-state index contributed by atoms with van der Waals surface area (Å²) in [7, 11) is -1.49. The number of hydrogen-bond donors (Lipinski definition) is 1. The summed E-state index contributed by atoms with van der Waals surface area (Å²) in [5, 5.41) is 2.92. The smallest absolute Gasteiger partial charge is 0.217 e. The molecule has 0 saturated heterocycles. The topological polar surface area (TPSA) is 49.4 Å². The fraction of sp³-hybridized carbons (Fsp3) is 1.00. The fourth-order valence-corrected chi connectivity index (χ4v) is 3.28. The largest absolute Gasteiger partial charge is 0.313 e. The minimum absolute atomic E-state index is 0.00847. The van der Waals surface area contributed by atoms with Gasteiger partial charge in [0.05, 0.1) is 5.25 Å². The molecule has 0 aliphatic heterocycles. The Balaban J connectivity index is 2.52. The predicted molar refractivity (Wildman–Crippen MR) is 71.5 cm³/mol. The summed E-state index contributed by atoms with van der Waals surface area (Å²) in [5.74, 6) is 0. The second-order valence-electron chi connectivity index (χ2n) is 6.35. The van der Waals surface area contributed by atoms with Crippen LogP contribution in [0.3, 0.4) is 0 Å². The van der Waals surface area contributed by atoms with Crippen LogP contribution in [0.2, 0.25) is 0 Å². The molecule has 102 valence electrons. The lowest BCUT2D eigenvalue weighted by Crippen LogP contribution is -2.43. The first-order chi connectivity index (χ1) is 7.63. The molecular formula is C12H26N2O2S. The average molecular weight is 262 g/mol. The molecule has 1 N–H and O–H groups in total. The molecule has 0 bridgehead atoms. The van der Waals surface area contributed by atoms with Gasteiger partial charge in [-0.1, -0.05) is 20.8 Å². The lowest BCUT2D eigenvalue weighted by atomic mass is 9.97. The molecule has 0 spiro atoms. The van der Waals surface area contributed by atoms with E-state index in [1.165, 1.54) is 17.1 Å². The first kappa shape index (κ1) is 14.9. The average Bonchev–Trinajstić information content (AvgIpc) is 2.94. The first-order valence-corrected chi connectivity index (χ1v) is 7.82. The van der Waals surface area contributed by atoms with E-state index in [9.17, 15) is 8.42 Å². The van der Waals surface area contributed by atoms with Crippen molar-refractivity contribution >= 4 is 10.0 Å². The van der Waals surface area contributed by atoms with E-state index in [1.807, 2.05) is 20.8 Å². The Bertz CT molecular complexity index is 342. The number of nitrogens with zero attached hydrogens (tertiary/aromatic N) is 1. The molecule has 1 atom stereocenters. The Kier molecular flexibility index (Phi) is 4.60. The van der Waals surface area contributed by atoms with Crippen LogP contribution in [0.4, 0.5) is 0 Å². The van der Waals surface area contributed by atoms with E-state index in [0.717, 1.165) is 0 Å². The van der Waals surface area contributed by atoms with Crippen molar-refractivity contribution in [1.29, 1.82) is 0 Å². The molecule has 1 unspecified atom stereocenters. The van der Waals surface area contributed by atoms with Gasteiger partial charge in [-0.15, -0.1) is 0 Å². The normalized spacial score (nSPS) is 19.6. The summed E-state index contributed by atoms with van der Waals surface area (Å²) in [6, 6.07) is 0.556. The number of sulfonamides is 1. The van der Waals surface area contributed by atoms with Crippen molar-refractivity contribution in [2.75, 3.05) is 20.1 Å². The summed E-state index contributed by atoms with van der Waals surface area (Å²) < 4.78 is 25.9. The standard InChI is InChI=1S/C12H26N2O2S/c1-10(8-13-11-6-7-11)17(15,16)14(5)9-12(2,3)4/h10-11,13H,6-9H2,1-5H3. The van der Waals surface area contributed by atoms with Crippen LogP contribution in [0.1, 0.15) is 40.5 Å². The Hall–Kier alpha value is -0.130. The minimum Gasteiger partial charge on any atom is -0.313 e. The van der Waals surface area contributed by atoms with Gasteiger partial charge in [-0.2, -0.15) is 0 Å². The van der Waals surface area contributed by atoms with Crippen molar-refractivity contribution in [2.45, 2.75) is 51.8 Å². The highest BCUT2D eigenvalue weighted by Crippen LogP contribution is 2.20. The first-order valence-electron chi connectivity index (χ1n) is 6.31. The van der Waals surface area contributed by atoms with Crippen molar-refractivity contribution in [2.24, 2.45) is 5.41 Å². The van der Waals surface area contributed by atoms with Gasteiger partial charge in [-0.25, -0.2) is 12.7 Å². The maximum atomic E-state index is 12.2. The van der Waals surface area contributed by atoms with Gasteiger partial charge in [-0.3, -0.25) is 0 Å². The summed E-state index contributed by atoms with van der Waals surface area (Å²) >= 11 is 0. The van der Waals surface area contributed by atoms with Crippen LogP contribution in [0.25, 0.3) is 0 Å². The third-order valence-electron chi connectivity index (χ3n) is 2.91. The third-order valence-corrected chi connectivity index (χ3v) is 5.09. The summed E-state index contributed by atoms with van der Waals surface area (Å²) in [4.78, 5) is 0. The number of nitrogens with one attached hydrogen (secondary N) is 1. The predicted octanol–water partition coefficient (Wildman–Crippen LogP) is 1.43. The van der Waals surface area contributed by atoms with Crippen LogP contribution in [0.5, 0.6) is 0 Å². The van der Waals surface area contributed by atoms with E-state index < -0.39 is 10.0 Å². The molecule has 0 aromatic rings. The van der Waals surface area contributed by atoms with E-state index in [2.05, 4.69) is 5.32 Å². The Labute approximate surface area is 106 Å². The maximum absolute atomic E-state index is 12.2. The minimum atomic E-state index is -3.17. The van der Waals surface area contributed by atoms with Gasteiger partial charge in [0.1, 0.15) is 0 Å². The molecule has 0 aromatic heterocycles. The summed E-state index contributed by atoms with van der Waals surface area (Å²) in [6.45, 7) is 9.04. The van der Waals surface area contributed by atoms with E-state index in [0.29, 0.717) is 19.1 Å². The monoisotopic (exact) mass is 262 g/mol. The van der Waals surface area contributed by atoms with E-state index >= 15 is 0 Å². The Morgan fingerprint density at radius 2 is 1.88 bits per heavy atom. The molecule has 17 heavy (non-hydrogen) atoms. The molecule has 0 heterocycles. The molecule has 1 fully saturated rings. The quantitative estimate of drug-likeness (QED) is 0.788. The van der Waals surface area contributed by atoms with Crippen LogP contribution in [0, 0.1) is 5.41 Å². The van der Waals surface area contributed by atoms with Crippen LogP contribution in [-0.4, -0.2) is 44.2 Å². The second-order valence-corrected chi connectivity index (χ2v) is 8.81. The van der Waals surface area contributed by atoms with E-state index in [4.69, 9.17) is 0 Å². The van der Waals surface area contributed by atoms with Gasteiger partial charge in [0, 0.05) is 26.2 Å². The van der Waals surface area contributed by atoms with Crippen LogP contribution in [0.15, 0.2) is 0 Å². The Morgan fingerprint density at radius 3 is 2.29 bits per heavy atom. The van der Waals surface area contributed by atoms with Crippen LogP contribution >= 0.6 is 0 Å². The third kappa shape index (κ3) is 4.94. The van der Waals surface area contributed by atoms with Crippen molar-refractivity contribution in [3.63, 3.8) is 0 Å². The molecule has 0 aromatic carbocycles. The molecule has 1 aliphatic rings. The van der Waals surface area contributed by atoms with Crippen LogP contribution in [-0.2, 0) is 10.0 Å². The second kappa shape index (κ2) is 5.24. The van der Waals surface area contributed by atoms with Gasteiger partial charge >= 0.3 is 0 Å². The molecule has 5 heteroatoms. The lowest BCUT2D eigenvalue weighted by Gasteiger charge is -2.28. The van der Waals surface area contributed by atoms with Gasteiger partial charge in [0.2, 0.25) is 10.0 Å². The summed E-state index contributed by atoms with van der Waals surface area (Å²) in [5.41, 5.74) is -0.00847. The van der Waals surface area contributed by atoms with E-state index in [1.54, 1.807) is 14.0 Å². The van der Waals surface area contributed by atoms with Crippen molar-refractivity contribution in [3.05, 3.63) is 0 Å². The van der Waals surface area contributed by atoms with Gasteiger partial charge in [-0.05, 0) is 25.2 Å². The Morgan fingerprint density at radius 1 is 1.35 bits per heavy atom. The molecule has 1 aliphatic carbocycles. The highest BCUT2D eigenvalue weighted by molar-refractivity contribution is 7.89. The van der Waals surface area contributed by atoms with Crippen LogP contribution < -0.4 is 5.32 Å². The molecule has 0 radical (unpaired) electrons. The van der Waals surface area contributed by atoms with Gasteiger partial charge < -0.3 is 5.32 Å². The van der Waals surface area contributed by atoms with Crippen molar-refractivity contribution < 1.29 is 8.42 Å². The van der Waals surface area contributed by atoms with Gasteiger partial charge in [0.15, 0.2) is 0 Å². The molecule has 1 rings (SSSR count). The zero-order chi connectivity index (χ0) is 13.3.